The van der Waals surface area contributed by atoms with E-state index < -0.39 is 0 Å². The standard InChI is InChI=1S/C15H21BrO3/c1-18-15-7-4-13(16)8-12(15)10-19-14-5-2-11(9-17)3-6-14/h4,7-8,11,14,17H,2-3,5-6,9-10H2,1H3. The molecule has 106 valence electrons. The number of benzene rings is 1. The normalized spacial score (nSPS) is 23.3. The highest BCUT2D eigenvalue weighted by molar-refractivity contribution is 9.10. The second-order valence-corrected chi connectivity index (χ2v) is 6.01. The Morgan fingerprint density at radius 1 is 1.26 bits per heavy atom. The first kappa shape index (κ1) is 14.8. The number of hydrogen-bond donors (Lipinski definition) is 1. The molecule has 4 heteroatoms. The minimum atomic E-state index is 0.312. The van der Waals surface area contributed by atoms with Crippen LogP contribution in [0.4, 0.5) is 0 Å². The molecule has 0 heterocycles. The lowest BCUT2D eigenvalue weighted by Gasteiger charge is -2.27. The molecule has 0 amide bonds. The molecule has 1 aliphatic carbocycles. The van der Waals surface area contributed by atoms with Crippen molar-refractivity contribution in [1.29, 1.82) is 0 Å². The van der Waals surface area contributed by atoms with Crippen LogP contribution in [0.2, 0.25) is 0 Å². The van der Waals surface area contributed by atoms with Crippen LogP contribution in [0.5, 0.6) is 5.75 Å². The molecule has 1 aliphatic rings. The number of halogens is 1. The van der Waals surface area contributed by atoms with Crippen LogP contribution in [0.1, 0.15) is 31.2 Å². The van der Waals surface area contributed by atoms with Crippen LogP contribution in [0, 0.1) is 5.92 Å². The van der Waals surface area contributed by atoms with E-state index in [4.69, 9.17) is 14.6 Å². The van der Waals surface area contributed by atoms with Gasteiger partial charge in [-0.1, -0.05) is 15.9 Å². The van der Waals surface area contributed by atoms with E-state index in [-0.39, 0.29) is 0 Å². The number of aliphatic hydroxyl groups excluding tert-OH is 1. The lowest BCUT2D eigenvalue weighted by atomic mass is 9.88. The fraction of sp³-hybridized carbons (Fsp3) is 0.600. The van der Waals surface area contributed by atoms with Crippen LogP contribution < -0.4 is 4.74 Å². The molecule has 0 spiro atoms. The number of methoxy groups -OCH3 is 1. The van der Waals surface area contributed by atoms with Gasteiger partial charge in [0.2, 0.25) is 0 Å². The average molecular weight is 329 g/mol. The van der Waals surface area contributed by atoms with Crippen molar-refractivity contribution in [3.63, 3.8) is 0 Å². The summed E-state index contributed by atoms with van der Waals surface area (Å²) in [5.41, 5.74) is 1.07. The first-order valence-electron chi connectivity index (χ1n) is 6.77. The minimum absolute atomic E-state index is 0.312. The summed E-state index contributed by atoms with van der Waals surface area (Å²) >= 11 is 3.47. The van der Waals surface area contributed by atoms with Crippen LogP contribution in [0.15, 0.2) is 22.7 Å². The maximum Gasteiger partial charge on any atom is 0.124 e. The summed E-state index contributed by atoms with van der Waals surface area (Å²) in [6.07, 6.45) is 4.53. The van der Waals surface area contributed by atoms with Crippen molar-refractivity contribution in [2.24, 2.45) is 5.92 Å². The maximum atomic E-state index is 9.12. The lowest BCUT2D eigenvalue weighted by molar-refractivity contribution is 0.000526. The van der Waals surface area contributed by atoms with E-state index in [1.54, 1.807) is 7.11 Å². The van der Waals surface area contributed by atoms with Gasteiger partial charge in [-0.05, 0) is 49.8 Å². The molecule has 0 atom stereocenters. The van der Waals surface area contributed by atoms with Crippen molar-refractivity contribution in [3.05, 3.63) is 28.2 Å². The van der Waals surface area contributed by atoms with Crippen LogP contribution in [0.25, 0.3) is 0 Å². The van der Waals surface area contributed by atoms with Gasteiger partial charge in [-0.2, -0.15) is 0 Å². The monoisotopic (exact) mass is 328 g/mol. The van der Waals surface area contributed by atoms with Gasteiger partial charge in [-0.3, -0.25) is 0 Å². The molecule has 0 unspecified atom stereocenters. The molecule has 2 rings (SSSR count). The summed E-state index contributed by atoms with van der Waals surface area (Å²) in [7, 11) is 1.68. The van der Waals surface area contributed by atoms with Gasteiger partial charge >= 0.3 is 0 Å². The zero-order chi connectivity index (χ0) is 13.7. The Morgan fingerprint density at radius 2 is 2.00 bits per heavy atom. The smallest absolute Gasteiger partial charge is 0.124 e. The first-order valence-corrected chi connectivity index (χ1v) is 7.57. The summed E-state index contributed by atoms with van der Waals surface area (Å²) in [6.45, 7) is 0.892. The molecule has 0 saturated heterocycles. The van der Waals surface area contributed by atoms with Gasteiger partial charge in [0.05, 0.1) is 19.8 Å². The third-order valence-corrected chi connectivity index (χ3v) is 4.26. The summed E-state index contributed by atoms with van der Waals surface area (Å²) < 4.78 is 12.4. The Labute approximate surface area is 123 Å². The van der Waals surface area contributed by atoms with E-state index in [0.717, 1.165) is 41.5 Å². The third-order valence-electron chi connectivity index (χ3n) is 3.77. The zero-order valence-corrected chi connectivity index (χ0v) is 12.9. The second kappa shape index (κ2) is 7.27. The number of rotatable bonds is 5. The first-order chi connectivity index (χ1) is 9.22. The van der Waals surface area contributed by atoms with Gasteiger partial charge in [0.15, 0.2) is 0 Å². The topological polar surface area (TPSA) is 38.7 Å². The van der Waals surface area contributed by atoms with Gasteiger partial charge < -0.3 is 14.6 Å². The van der Waals surface area contributed by atoms with E-state index >= 15 is 0 Å². The number of hydrogen-bond acceptors (Lipinski definition) is 3. The summed E-state index contributed by atoms with van der Waals surface area (Å²) in [5, 5.41) is 9.12. The Hall–Kier alpha value is -0.580. The molecule has 1 aromatic rings. The zero-order valence-electron chi connectivity index (χ0n) is 11.3. The van der Waals surface area contributed by atoms with Gasteiger partial charge in [0.25, 0.3) is 0 Å². The largest absolute Gasteiger partial charge is 0.496 e. The van der Waals surface area contributed by atoms with E-state index in [2.05, 4.69) is 15.9 Å². The predicted molar refractivity (Wildman–Crippen MR) is 78.3 cm³/mol. The summed E-state index contributed by atoms with van der Waals surface area (Å²) in [4.78, 5) is 0. The summed E-state index contributed by atoms with van der Waals surface area (Å²) in [5.74, 6) is 1.34. The van der Waals surface area contributed by atoms with E-state index in [0.29, 0.717) is 25.2 Å². The van der Waals surface area contributed by atoms with Crippen molar-refractivity contribution in [2.45, 2.75) is 38.4 Å². The van der Waals surface area contributed by atoms with Crippen molar-refractivity contribution in [3.8, 4) is 5.75 Å². The van der Waals surface area contributed by atoms with Crippen molar-refractivity contribution in [1.82, 2.24) is 0 Å². The second-order valence-electron chi connectivity index (χ2n) is 5.09. The van der Waals surface area contributed by atoms with Crippen molar-refractivity contribution in [2.75, 3.05) is 13.7 Å². The molecule has 1 N–H and O–H groups in total. The molecule has 0 radical (unpaired) electrons. The van der Waals surface area contributed by atoms with Crippen LogP contribution in [-0.4, -0.2) is 24.9 Å². The van der Waals surface area contributed by atoms with Gasteiger partial charge in [0, 0.05) is 16.6 Å². The quantitative estimate of drug-likeness (QED) is 0.898. The van der Waals surface area contributed by atoms with Gasteiger partial charge in [-0.15, -0.1) is 0 Å². The average Bonchev–Trinajstić information content (AvgIpc) is 2.46. The Bertz CT molecular complexity index is 400. The number of ether oxygens (including phenoxy) is 2. The van der Waals surface area contributed by atoms with Crippen molar-refractivity contribution < 1.29 is 14.6 Å². The van der Waals surface area contributed by atoms with Crippen molar-refractivity contribution >= 4 is 15.9 Å². The van der Waals surface area contributed by atoms with Crippen LogP contribution in [0.3, 0.4) is 0 Å². The molecule has 1 aromatic carbocycles. The lowest BCUT2D eigenvalue weighted by Crippen LogP contribution is -2.23. The molecule has 3 nitrogen and oxygen atoms in total. The highest BCUT2D eigenvalue weighted by Crippen LogP contribution is 2.28. The minimum Gasteiger partial charge on any atom is -0.496 e. The predicted octanol–water partition coefficient (Wildman–Crippen LogP) is 3.53. The Balaban J connectivity index is 1.87. The molecule has 0 bridgehead atoms. The maximum absolute atomic E-state index is 9.12. The molecular formula is C15H21BrO3. The summed E-state index contributed by atoms with van der Waals surface area (Å²) in [6, 6.07) is 5.96. The molecule has 1 saturated carbocycles. The molecule has 19 heavy (non-hydrogen) atoms. The third kappa shape index (κ3) is 4.20. The number of aliphatic hydroxyl groups is 1. The Morgan fingerprint density at radius 3 is 2.63 bits per heavy atom. The molecule has 0 aliphatic heterocycles. The fourth-order valence-electron chi connectivity index (χ4n) is 2.55. The van der Waals surface area contributed by atoms with Gasteiger partial charge in [0.1, 0.15) is 5.75 Å². The van der Waals surface area contributed by atoms with E-state index in [9.17, 15) is 0 Å². The highest BCUT2D eigenvalue weighted by Gasteiger charge is 2.21. The highest BCUT2D eigenvalue weighted by atomic mass is 79.9. The van der Waals surface area contributed by atoms with Gasteiger partial charge in [-0.25, -0.2) is 0 Å². The Kier molecular flexibility index (Phi) is 5.67. The van der Waals surface area contributed by atoms with Crippen LogP contribution in [-0.2, 0) is 11.3 Å². The van der Waals surface area contributed by atoms with E-state index in [1.165, 1.54) is 0 Å². The molecular weight excluding hydrogens is 308 g/mol. The molecule has 0 aromatic heterocycles. The fourth-order valence-corrected chi connectivity index (χ4v) is 2.96. The van der Waals surface area contributed by atoms with E-state index in [1.807, 2.05) is 18.2 Å². The SMILES string of the molecule is COc1ccc(Br)cc1COC1CCC(CO)CC1. The molecule has 1 fully saturated rings. The van der Waals surface area contributed by atoms with Crippen LogP contribution >= 0.6 is 15.9 Å².